The summed E-state index contributed by atoms with van der Waals surface area (Å²) >= 11 is 3.37. The van der Waals surface area contributed by atoms with Crippen molar-refractivity contribution >= 4 is 21.8 Å². The lowest BCUT2D eigenvalue weighted by molar-refractivity contribution is 0.0944. The molecule has 0 fully saturated rings. The summed E-state index contributed by atoms with van der Waals surface area (Å²) in [5, 5.41) is 2.97. The summed E-state index contributed by atoms with van der Waals surface area (Å²) in [5.41, 5.74) is 1.98. The Balaban J connectivity index is 1.84. The zero-order valence-corrected chi connectivity index (χ0v) is 13.4. The van der Waals surface area contributed by atoms with Crippen LogP contribution in [0.1, 0.15) is 35.3 Å². The van der Waals surface area contributed by atoms with E-state index in [-0.39, 0.29) is 5.91 Å². The van der Waals surface area contributed by atoms with Crippen molar-refractivity contribution in [3.63, 3.8) is 0 Å². The number of carbonyl (C=O) groups excluding carboxylic acids is 1. The van der Waals surface area contributed by atoms with E-state index in [0.717, 1.165) is 10.9 Å². The Bertz CT molecular complexity index is 577. The van der Waals surface area contributed by atoms with Gasteiger partial charge >= 0.3 is 0 Å². The van der Waals surface area contributed by atoms with Crippen LogP contribution in [0.15, 0.2) is 47.1 Å². The third kappa shape index (κ3) is 3.73. The molecule has 1 heterocycles. The fourth-order valence-electron chi connectivity index (χ4n) is 2.19. The highest BCUT2D eigenvalue weighted by Gasteiger charge is 2.11. The molecule has 1 amide bonds. The molecule has 0 spiro atoms. The van der Waals surface area contributed by atoms with Crippen molar-refractivity contribution in [2.24, 2.45) is 7.05 Å². The summed E-state index contributed by atoms with van der Waals surface area (Å²) in [6.07, 6.45) is 2.81. The van der Waals surface area contributed by atoms with Gasteiger partial charge in [0.05, 0.1) is 0 Å². The number of amides is 1. The second kappa shape index (κ2) is 6.75. The molecule has 1 aromatic carbocycles. The van der Waals surface area contributed by atoms with E-state index in [1.165, 1.54) is 5.56 Å². The van der Waals surface area contributed by atoms with Crippen LogP contribution >= 0.6 is 15.9 Å². The number of aromatic nitrogens is 1. The van der Waals surface area contributed by atoms with Gasteiger partial charge in [-0.25, -0.2) is 0 Å². The molecule has 0 radical (unpaired) electrons. The molecular weight excluding hydrogens is 316 g/mol. The summed E-state index contributed by atoms with van der Waals surface area (Å²) < 4.78 is 2.74. The molecule has 2 aromatic rings. The number of halogens is 1. The molecule has 0 aliphatic carbocycles. The van der Waals surface area contributed by atoms with E-state index in [2.05, 4.69) is 40.3 Å². The molecular formula is C16H19BrN2O. The predicted molar refractivity (Wildman–Crippen MR) is 84.9 cm³/mol. The maximum absolute atomic E-state index is 12.0. The zero-order chi connectivity index (χ0) is 14.5. The van der Waals surface area contributed by atoms with Crippen LogP contribution in [0.5, 0.6) is 0 Å². The molecule has 0 aliphatic heterocycles. The van der Waals surface area contributed by atoms with Crippen molar-refractivity contribution in [3.8, 4) is 0 Å². The Morgan fingerprint density at radius 3 is 2.65 bits per heavy atom. The van der Waals surface area contributed by atoms with Crippen molar-refractivity contribution in [2.45, 2.75) is 19.3 Å². The van der Waals surface area contributed by atoms with Gasteiger partial charge in [0.25, 0.3) is 5.91 Å². The monoisotopic (exact) mass is 334 g/mol. The van der Waals surface area contributed by atoms with Crippen LogP contribution in [0.2, 0.25) is 0 Å². The fraction of sp³-hybridized carbons (Fsp3) is 0.312. The third-order valence-electron chi connectivity index (χ3n) is 3.44. The highest BCUT2D eigenvalue weighted by atomic mass is 79.9. The quantitative estimate of drug-likeness (QED) is 0.888. The minimum Gasteiger partial charge on any atom is -0.351 e. The Morgan fingerprint density at radius 2 is 2.05 bits per heavy atom. The minimum absolute atomic E-state index is 0.0292. The highest BCUT2D eigenvalue weighted by Crippen LogP contribution is 2.18. The first kappa shape index (κ1) is 14.9. The third-order valence-corrected chi connectivity index (χ3v) is 3.87. The minimum atomic E-state index is -0.0292. The van der Waals surface area contributed by atoms with Gasteiger partial charge in [-0.3, -0.25) is 4.79 Å². The normalized spacial score (nSPS) is 12.2. The van der Waals surface area contributed by atoms with Gasteiger partial charge in [0.1, 0.15) is 5.69 Å². The topological polar surface area (TPSA) is 34.0 Å². The van der Waals surface area contributed by atoms with E-state index in [9.17, 15) is 4.79 Å². The average Bonchev–Trinajstić information content (AvgIpc) is 2.78. The molecule has 0 saturated heterocycles. The van der Waals surface area contributed by atoms with Gasteiger partial charge in [-0.05, 0) is 39.9 Å². The Hall–Kier alpha value is -1.55. The zero-order valence-electron chi connectivity index (χ0n) is 11.8. The number of hydrogen-bond donors (Lipinski definition) is 1. The number of aryl methyl sites for hydroxylation is 1. The number of nitrogens with zero attached hydrogens (tertiary/aromatic N) is 1. The van der Waals surface area contributed by atoms with E-state index < -0.39 is 0 Å². The van der Waals surface area contributed by atoms with Crippen molar-refractivity contribution in [2.75, 3.05) is 6.54 Å². The number of rotatable bonds is 5. The van der Waals surface area contributed by atoms with Crippen LogP contribution in [-0.4, -0.2) is 17.0 Å². The lowest BCUT2D eigenvalue weighted by atomic mass is 9.98. The summed E-state index contributed by atoms with van der Waals surface area (Å²) in [4.78, 5) is 12.0. The van der Waals surface area contributed by atoms with E-state index >= 15 is 0 Å². The van der Waals surface area contributed by atoms with Gasteiger partial charge < -0.3 is 9.88 Å². The molecule has 2 rings (SSSR count). The smallest absolute Gasteiger partial charge is 0.267 e. The lowest BCUT2D eigenvalue weighted by Gasteiger charge is -2.12. The van der Waals surface area contributed by atoms with Gasteiger partial charge in [0.15, 0.2) is 0 Å². The van der Waals surface area contributed by atoms with Crippen LogP contribution in [0.3, 0.4) is 0 Å². The maximum Gasteiger partial charge on any atom is 0.267 e. The summed E-state index contributed by atoms with van der Waals surface area (Å²) in [5.74, 6) is 0.412. The molecule has 3 nitrogen and oxygen atoms in total. The first-order valence-electron chi connectivity index (χ1n) is 6.73. The molecule has 1 aromatic heterocycles. The van der Waals surface area contributed by atoms with Gasteiger partial charge in [-0.2, -0.15) is 0 Å². The molecule has 20 heavy (non-hydrogen) atoms. The van der Waals surface area contributed by atoms with E-state index in [1.807, 2.05) is 42.1 Å². The number of nitrogens with one attached hydrogen (secondary N) is 1. The second-order valence-electron chi connectivity index (χ2n) is 5.01. The van der Waals surface area contributed by atoms with Crippen molar-refractivity contribution in [1.82, 2.24) is 9.88 Å². The first-order valence-corrected chi connectivity index (χ1v) is 7.52. The molecule has 106 valence electrons. The molecule has 0 aliphatic rings. The van der Waals surface area contributed by atoms with Gasteiger partial charge in [-0.15, -0.1) is 0 Å². The molecule has 1 N–H and O–H groups in total. The van der Waals surface area contributed by atoms with Crippen LogP contribution in [-0.2, 0) is 7.05 Å². The van der Waals surface area contributed by atoms with E-state index in [4.69, 9.17) is 0 Å². The SMILES string of the molecule is CC(CCNC(=O)c1cc(Br)cn1C)c1ccccc1. The average molecular weight is 335 g/mol. The molecule has 1 atom stereocenters. The van der Waals surface area contributed by atoms with Crippen LogP contribution < -0.4 is 5.32 Å². The maximum atomic E-state index is 12.0. The summed E-state index contributed by atoms with van der Waals surface area (Å²) in [6.45, 7) is 2.86. The van der Waals surface area contributed by atoms with Crippen molar-refractivity contribution in [3.05, 3.63) is 58.3 Å². The Kier molecular flexibility index (Phi) is 5.01. The van der Waals surface area contributed by atoms with Crippen LogP contribution in [0.25, 0.3) is 0 Å². The first-order chi connectivity index (χ1) is 9.58. The van der Waals surface area contributed by atoms with Crippen LogP contribution in [0, 0.1) is 0 Å². The molecule has 4 heteroatoms. The molecule has 0 bridgehead atoms. The fourth-order valence-corrected chi connectivity index (χ4v) is 2.71. The Morgan fingerprint density at radius 1 is 1.35 bits per heavy atom. The number of benzene rings is 1. The summed E-state index contributed by atoms with van der Waals surface area (Å²) in [6, 6.07) is 12.2. The van der Waals surface area contributed by atoms with Crippen LogP contribution in [0.4, 0.5) is 0 Å². The van der Waals surface area contributed by atoms with Crippen molar-refractivity contribution < 1.29 is 4.79 Å². The van der Waals surface area contributed by atoms with E-state index in [1.54, 1.807) is 0 Å². The Labute approximate surface area is 128 Å². The van der Waals surface area contributed by atoms with Gasteiger partial charge in [-0.1, -0.05) is 37.3 Å². The van der Waals surface area contributed by atoms with Gasteiger partial charge in [0, 0.05) is 24.3 Å². The van der Waals surface area contributed by atoms with Gasteiger partial charge in [0.2, 0.25) is 0 Å². The number of carbonyl (C=O) groups is 1. The second-order valence-corrected chi connectivity index (χ2v) is 5.93. The molecule has 0 saturated carbocycles. The summed E-state index contributed by atoms with van der Waals surface area (Å²) in [7, 11) is 1.87. The van der Waals surface area contributed by atoms with E-state index in [0.29, 0.717) is 18.2 Å². The largest absolute Gasteiger partial charge is 0.351 e. The highest BCUT2D eigenvalue weighted by molar-refractivity contribution is 9.10. The van der Waals surface area contributed by atoms with Crippen molar-refractivity contribution in [1.29, 1.82) is 0 Å². The lowest BCUT2D eigenvalue weighted by Crippen LogP contribution is -2.27. The predicted octanol–water partition coefficient (Wildman–Crippen LogP) is 3.71. The molecule has 1 unspecified atom stereocenters. The standard InChI is InChI=1S/C16H19BrN2O/c1-12(13-6-4-3-5-7-13)8-9-18-16(20)15-10-14(17)11-19(15)2/h3-7,10-12H,8-9H2,1-2H3,(H,18,20). The number of hydrogen-bond acceptors (Lipinski definition) is 1.